The van der Waals surface area contributed by atoms with Crippen LogP contribution < -0.4 is 10.1 Å². The van der Waals surface area contributed by atoms with E-state index in [1.165, 1.54) is 0 Å². The number of carbonyl (C=O) groups is 1. The Morgan fingerprint density at radius 3 is 2.52 bits per heavy atom. The van der Waals surface area contributed by atoms with Crippen LogP contribution in [0, 0.1) is 0 Å². The van der Waals surface area contributed by atoms with Crippen LogP contribution in [0.1, 0.15) is 30.5 Å². The number of amides is 1. The van der Waals surface area contributed by atoms with E-state index < -0.39 is 0 Å². The maximum Gasteiger partial charge on any atom is 0.244 e. The lowest BCUT2D eigenvalue weighted by atomic mass is 10.0. The summed E-state index contributed by atoms with van der Waals surface area (Å²) < 4.78 is 11.1. The molecule has 1 amide bonds. The van der Waals surface area contributed by atoms with Crippen LogP contribution in [-0.4, -0.2) is 50.8 Å². The van der Waals surface area contributed by atoms with Gasteiger partial charge in [0.1, 0.15) is 5.75 Å². The Balaban J connectivity index is 1.75. The number of ether oxygens (including phenoxy) is 2. The van der Waals surface area contributed by atoms with Crippen LogP contribution in [0.25, 0.3) is 5.57 Å². The van der Waals surface area contributed by atoms with Crippen molar-refractivity contribution in [3.05, 3.63) is 71.8 Å². The van der Waals surface area contributed by atoms with Gasteiger partial charge in [-0.15, -0.1) is 0 Å². The Morgan fingerprint density at radius 1 is 1.14 bits per heavy atom. The molecule has 1 N–H and O–H groups in total. The molecule has 0 radical (unpaired) electrons. The van der Waals surface area contributed by atoms with Gasteiger partial charge in [-0.1, -0.05) is 55.5 Å². The van der Waals surface area contributed by atoms with Gasteiger partial charge in [0.2, 0.25) is 5.91 Å². The zero-order valence-corrected chi connectivity index (χ0v) is 17.3. The van der Waals surface area contributed by atoms with E-state index >= 15 is 0 Å². The Morgan fingerprint density at radius 2 is 1.83 bits per heavy atom. The van der Waals surface area contributed by atoms with E-state index in [1.807, 2.05) is 48.5 Å². The number of carbonyl (C=O) groups excluding carboxylic acids is 1. The maximum atomic E-state index is 12.7. The third-order valence-corrected chi connectivity index (χ3v) is 5.28. The predicted octanol–water partition coefficient (Wildman–Crippen LogP) is 3.68. The van der Waals surface area contributed by atoms with Crippen molar-refractivity contribution >= 4 is 11.5 Å². The zero-order chi connectivity index (χ0) is 20.5. The Kier molecular flexibility index (Phi) is 7.85. The summed E-state index contributed by atoms with van der Waals surface area (Å²) in [6, 6.07) is 18.1. The summed E-state index contributed by atoms with van der Waals surface area (Å²) in [7, 11) is 1.68. The zero-order valence-electron chi connectivity index (χ0n) is 17.3. The Hall–Kier alpha value is -2.63. The highest BCUT2D eigenvalue weighted by Gasteiger charge is 2.25. The molecule has 2 aromatic rings. The van der Waals surface area contributed by atoms with Gasteiger partial charge in [0, 0.05) is 31.3 Å². The lowest BCUT2D eigenvalue weighted by molar-refractivity contribution is -0.116. The lowest BCUT2D eigenvalue weighted by Gasteiger charge is -2.35. The molecule has 1 aliphatic heterocycles. The van der Waals surface area contributed by atoms with Crippen molar-refractivity contribution in [2.75, 3.05) is 40.0 Å². The van der Waals surface area contributed by atoms with Crippen LogP contribution in [-0.2, 0) is 9.53 Å². The van der Waals surface area contributed by atoms with E-state index in [1.54, 1.807) is 13.2 Å². The average Bonchev–Trinajstić information content (AvgIpc) is 2.79. The molecule has 5 heteroatoms. The van der Waals surface area contributed by atoms with Gasteiger partial charge < -0.3 is 14.8 Å². The van der Waals surface area contributed by atoms with E-state index in [0.717, 1.165) is 42.0 Å². The molecule has 1 unspecified atom stereocenters. The topological polar surface area (TPSA) is 50.8 Å². The quantitative estimate of drug-likeness (QED) is 0.694. The molecule has 1 aliphatic rings. The lowest BCUT2D eigenvalue weighted by Crippen LogP contribution is -2.43. The van der Waals surface area contributed by atoms with Gasteiger partial charge in [-0.3, -0.25) is 9.69 Å². The first-order chi connectivity index (χ1) is 14.2. The van der Waals surface area contributed by atoms with Crippen molar-refractivity contribution in [2.24, 2.45) is 0 Å². The average molecular weight is 395 g/mol. The summed E-state index contributed by atoms with van der Waals surface area (Å²) in [4.78, 5) is 15.0. The number of para-hydroxylation sites is 1. The number of rotatable bonds is 8. The molecular weight excluding hydrogens is 364 g/mol. The molecule has 2 aromatic carbocycles. The molecular formula is C24H30N2O3. The summed E-state index contributed by atoms with van der Waals surface area (Å²) in [5, 5.41) is 3.11. The first-order valence-electron chi connectivity index (χ1n) is 10.2. The van der Waals surface area contributed by atoms with Gasteiger partial charge in [0.05, 0.1) is 26.4 Å². The highest BCUT2D eigenvalue weighted by atomic mass is 16.5. The van der Waals surface area contributed by atoms with Crippen LogP contribution in [0.3, 0.4) is 0 Å². The van der Waals surface area contributed by atoms with Gasteiger partial charge in [0.25, 0.3) is 0 Å². The van der Waals surface area contributed by atoms with Gasteiger partial charge in [-0.05, 0) is 23.6 Å². The minimum Gasteiger partial charge on any atom is -0.496 e. The van der Waals surface area contributed by atoms with Gasteiger partial charge in [-0.2, -0.15) is 0 Å². The second-order valence-electron chi connectivity index (χ2n) is 7.04. The molecule has 0 spiro atoms. The predicted molar refractivity (Wildman–Crippen MR) is 116 cm³/mol. The number of hydrogen-bond acceptors (Lipinski definition) is 4. The smallest absolute Gasteiger partial charge is 0.244 e. The first kappa shape index (κ1) is 21.1. The van der Waals surface area contributed by atoms with Crippen LogP contribution in [0.15, 0.2) is 60.7 Å². The number of morpholine rings is 1. The summed E-state index contributed by atoms with van der Waals surface area (Å²) in [6.45, 7) is 5.65. The summed E-state index contributed by atoms with van der Waals surface area (Å²) in [6.07, 6.45) is 2.52. The molecule has 0 saturated carbocycles. The number of methoxy groups -OCH3 is 1. The van der Waals surface area contributed by atoms with E-state index in [9.17, 15) is 4.79 Å². The number of allylic oxidation sites excluding steroid dienone is 1. The molecule has 1 fully saturated rings. The summed E-state index contributed by atoms with van der Waals surface area (Å²) in [5.41, 5.74) is 3.20. The number of hydrogen-bond donors (Lipinski definition) is 1. The third kappa shape index (κ3) is 5.68. The van der Waals surface area contributed by atoms with Crippen molar-refractivity contribution in [2.45, 2.75) is 19.4 Å². The van der Waals surface area contributed by atoms with Crippen molar-refractivity contribution in [3.63, 3.8) is 0 Å². The fraction of sp³-hybridized carbons (Fsp3) is 0.375. The van der Waals surface area contributed by atoms with Gasteiger partial charge in [0.15, 0.2) is 0 Å². The van der Waals surface area contributed by atoms with Crippen LogP contribution in [0.2, 0.25) is 0 Å². The normalized spacial score (nSPS) is 16.3. The second-order valence-corrected chi connectivity index (χ2v) is 7.04. The molecule has 0 bridgehead atoms. The van der Waals surface area contributed by atoms with Crippen molar-refractivity contribution in [3.8, 4) is 5.75 Å². The van der Waals surface area contributed by atoms with Crippen molar-refractivity contribution in [1.82, 2.24) is 10.2 Å². The highest BCUT2D eigenvalue weighted by Crippen LogP contribution is 2.29. The minimum atomic E-state index is -0.0705. The molecule has 0 aliphatic carbocycles. The fourth-order valence-corrected chi connectivity index (χ4v) is 3.71. The van der Waals surface area contributed by atoms with E-state index in [0.29, 0.717) is 19.8 Å². The van der Waals surface area contributed by atoms with Crippen LogP contribution >= 0.6 is 0 Å². The van der Waals surface area contributed by atoms with E-state index in [2.05, 4.69) is 23.2 Å². The molecule has 5 nitrogen and oxygen atoms in total. The van der Waals surface area contributed by atoms with E-state index in [-0.39, 0.29) is 11.9 Å². The number of nitrogens with zero attached hydrogens (tertiary/aromatic N) is 1. The first-order valence-corrected chi connectivity index (χ1v) is 10.2. The summed E-state index contributed by atoms with van der Waals surface area (Å²) >= 11 is 0. The molecule has 3 rings (SSSR count). The SMILES string of the molecule is CC/C(=C\C(=O)NCC(c1ccccc1OC)N1CCOCC1)c1ccccc1. The third-order valence-electron chi connectivity index (χ3n) is 5.28. The van der Waals surface area contributed by atoms with Crippen LogP contribution in [0.5, 0.6) is 5.75 Å². The highest BCUT2D eigenvalue weighted by molar-refractivity contribution is 5.95. The molecule has 29 heavy (non-hydrogen) atoms. The standard InChI is InChI=1S/C24H30N2O3/c1-3-19(20-9-5-4-6-10-20)17-24(27)25-18-22(26-13-15-29-16-14-26)21-11-7-8-12-23(21)28-2/h4-12,17,22H,3,13-16,18H2,1-2H3,(H,25,27)/b19-17+. The number of nitrogens with one attached hydrogen (secondary N) is 1. The molecule has 0 aromatic heterocycles. The monoisotopic (exact) mass is 394 g/mol. The maximum absolute atomic E-state index is 12.7. The Bertz CT molecular complexity index is 814. The van der Waals surface area contributed by atoms with Crippen molar-refractivity contribution < 1.29 is 14.3 Å². The second kappa shape index (κ2) is 10.8. The van der Waals surface area contributed by atoms with Gasteiger partial charge >= 0.3 is 0 Å². The van der Waals surface area contributed by atoms with Crippen LogP contribution in [0.4, 0.5) is 0 Å². The minimum absolute atomic E-state index is 0.0363. The van der Waals surface area contributed by atoms with Crippen molar-refractivity contribution in [1.29, 1.82) is 0 Å². The molecule has 1 saturated heterocycles. The van der Waals surface area contributed by atoms with Gasteiger partial charge in [-0.25, -0.2) is 0 Å². The van der Waals surface area contributed by atoms with E-state index in [4.69, 9.17) is 9.47 Å². The largest absolute Gasteiger partial charge is 0.496 e. The molecule has 1 atom stereocenters. The molecule has 1 heterocycles. The number of benzene rings is 2. The Labute approximate surface area is 173 Å². The summed E-state index contributed by atoms with van der Waals surface area (Å²) in [5.74, 6) is 0.770. The molecule has 154 valence electrons. The fourth-order valence-electron chi connectivity index (χ4n) is 3.71.